The maximum atomic E-state index is 11.9. The van der Waals surface area contributed by atoms with E-state index < -0.39 is 36.9 Å². The Morgan fingerprint density at radius 1 is 1.25 bits per heavy atom. The van der Waals surface area contributed by atoms with E-state index in [1.54, 1.807) is 12.4 Å². The highest BCUT2D eigenvalue weighted by molar-refractivity contribution is 6.61. The van der Waals surface area contributed by atoms with Crippen molar-refractivity contribution in [3.63, 3.8) is 0 Å². The summed E-state index contributed by atoms with van der Waals surface area (Å²) in [5.74, 6) is -0.455. The van der Waals surface area contributed by atoms with Crippen molar-refractivity contribution < 1.29 is 29.1 Å². The number of likely N-dealkylation sites (tertiary alicyclic amines) is 1. The summed E-state index contributed by atoms with van der Waals surface area (Å²) in [6, 6.07) is 0.264. The number of aliphatic hydroxyl groups is 2. The summed E-state index contributed by atoms with van der Waals surface area (Å²) in [7, 11) is -0.522. The van der Waals surface area contributed by atoms with Gasteiger partial charge in [-0.3, -0.25) is 4.79 Å². The molecule has 9 nitrogen and oxygen atoms in total. The van der Waals surface area contributed by atoms with E-state index in [2.05, 4.69) is 9.97 Å². The van der Waals surface area contributed by atoms with Crippen LogP contribution < -0.4 is 10.2 Å². The lowest BCUT2D eigenvalue weighted by Gasteiger charge is -2.32. The van der Waals surface area contributed by atoms with Crippen molar-refractivity contribution in [3.8, 4) is 6.01 Å². The van der Waals surface area contributed by atoms with Crippen LogP contribution in [-0.2, 0) is 14.1 Å². The molecular weight excluding hydrogens is 365 g/mol. The molecule has 10 heteroatoms. The van der Waals surface area contributed by atoms with Gasteiger partial charge in [0.05, 0.1) is 17.8 Å². The van der Waals surface area contributed by atoms with E-state index in [4.69, 9.17) is 19.2 Å². The standard InChI is InChI=1S/C18H28BN3O6/c1-17(2)18(3,4)28-19(27-17)12-9-20-16(21-10-12)26-13-5-7-22(8-6-13)15(25)14(24)11-23/h9-10,13-14,23-24H,5-8,11H2,1-4H3/t14-/m0/s1. The van der Waals surface area contributed by atoms with Crippen molar-refractivity contribution in [1.82, 2.24) is 14.9 Å². The predicted molar refractivity (Wildman–Crippen MR) is 101 cm³/mol. The van der Waals surface area contributed by atoms with Gasteiger partial charge in [0.1, 0.15) is 6.10 Å². The first kappa shape index (κ1) is 21.0. The van der Waals surface area contributed by atoms with Gasteiger partial charge in [0, 0.05) is 43.8 Å². The summed E-state index contributed by atoms with van der Waals surface area (Å²) in [4.78, 5) is 21.9. The highest BCUT2D eigenvalue weighted by Gasteiger charge is 2.52. The SMILES string of the molecule is CC1(C)OB(c2cnc(OC3CCN(C(=O)[C@@H](O)CO)CC3)nc2)OC1(C)C. The maximum absolute atomic E-state index is 11.9. The van der Waals surface area contributed by atoms with Gasteiger partial charge in [-0.1, -0.05) is 0 Å². The van der Waals surface area contributed by atoms with E-state index in [0.717, 1.165) is 5.46 Å². The zero-order valence-electron chi connectivity index (χ0n) is 16.8. The van der Waals surface area contributed by atoms with Crippen molar-refractivity contribution >= 4 is 18.5 Å². The minimum atomic E-state index is -1.36. The van der Waals surface area contributed by atoms with Gasteiger partial charge < -0.3 is 29.2 Å². The number of rotatable bonds is 5. The number of carbonyl (C=O) groups excluding carboxylic acids is 1. The number of aromatic nitrogens is 2. The molecule has 28 heavy (non-hydrogen) atoms. The molecule has 1 amide bonds. The molecule has 1 aromatic heterocycles. The van der Waals surface area contributed by atoms with Crippen LogP contribution in [-0.4, -0.2) is 81.2 Å². The average Bonchev–Trinajstić information content (AvgIpc) is 2.89. The maximum Gasteiger partial charge on any atom is 0.498 e. The summed E-state index contributed by atoms with van der Waals surface area (Å²) < 4.78 is 17.8. The van der Waals surface area contributed by atoms with Crippen LogP contribution in [0.1, 0.15) is 40.5 Å². The third-order valence-electron chi connectivity index (χ3n) is 5.66. The first-order chi connectivity index (χ1) is 13.1. The monoisotopic (exact) mass is 393 g/mol. The zero-order valence-corrected chi connectivity index (χ0v) is 16.8. The molecule has 0 unspecified atom stereocenters. The number of hydrogen-bond donors (Lipinski definition) is 2. The number of amides is 1. The van der Waals surface area contributed by atoms with Crippen LogP contribution in [0.15, 0.2) is 12.4 Å². The normalized spacial score (nSPS) is 22.9. The summed E-state index contributed by atoms with van der Waals surface area (Å²) in [6.07, 6.45) is 3.02. The number of hydrogen-bond acceptors (Lipinski definition) is 8. The lowest BCUT2D eigenvalue weighted by molar-refractivity contribution is -0.143. The zero-order chi connectivity index (χ0) is 20.5. The average molecular weight is 393 g/mol. The van der Waals surface area contributed by atoms with Crippen molar-refractivity contribution in [2.24, 2.45) is 0 Å². The molecule has 3 rings (SSSR count). The third kappa shape index (κ3) is 4.30. The Hall–Kier alpha value is -1.75. The Bertz CT molecular complexity index is 675. The molecule has 2 aliphatic heterocycles. The number of ether oxygens (including phenoxy) is 1. The summed E-state index contributed by atoms with van der Waals surface area (Å²) in [5.41, 5.74) is -0.131. The van der Waals surface area contributed by atoms with Crippen LogP contribution in [0.2, 0.25) is 0 Å². The Morgan fingerprint density at radius 2 is 1.79 bits per heavy atom. The molecule has 2 N–H and O–H groups in total. The van der Waals surface area contributed by atoms with E-state index in [-0.39, 0.29) is 12.1 Å². The molecule has 0 bridgehead atoms. The van der Waals surface area contributed by atoms with Crippen molar-refractivity contribution in [3.05, 3.63) is 12.4 Å². The number of carbonyl (C=O) groups is 1. The lowest BCUT2D eigenvalue weighted by Crippen LogP contribution is -2.47. The second-order valence-electron chi connectivity index (χ2n) is 8.23. The quantitative estimate of drug-likeness (QED) is 0.644. The first-order valence-corrected chi connectivity index (χ1v) is 9.55. The van der Waals surface area contributed by atoms with Gasteiger partial charge in [-0.2, -0.15) is 0 Å². The molecule has 1 atom stereocenters. The Kier molecular flexibility index (Phi) is 5.95. The van der Waals surface area contributed by atoms with Gasteiger partial charge in [0.2, 0.25) is 0 Å². The number of aliphatic hydroxyl groups excluding tert-OH is 2. The minimum absolute atomic E-state index is 0.113. The van der Waals surface area contributed by atoms with Gasteiger partial charge in [-0.05, 0) is 27.7 Å². The van der Waals surface area contributed by atoms with Crippen molar-refractivity contribution in [1.29, 1.82) is 0 Å². The van der Waals surface area contributed by atoms with Crippen molar-refractivity contribution in [2.75, 3.05) is 19.7 Å². The molecule has 0 spiro atoms. The van der Waals surface area contributed by atoms with Crippen LogP contribution in [0.25, 0.3) is 0 Å². The van der Waals surface area contributed by atoms with Crippen LogP contribution >= 0.6 is 0 Å². The summed E-state index contributed by atoms with van der Waals surface area (Å²) in [6.45, 7) is 8.28. The number of piperidine rings is 1. The fourth-order valence-corrected chi connectivity index (χ4v) is 3.12. The van der Waals surface area contributed by atoms with Gasteiger partial charge in [-0.15, -0.1) is 0 Å². The highest BCUT2D eigenvalue weighted by Crippen LogP contribution is 2.36. The van der Waals surface area contributed by atoms with E-state index in [1.165, 1.54) is 4.90 Å². The third-order valence-corrected chi connectivity index (χ3v) is 5.66. The summed E-state index contributed by atoms with van der Waals surface area (Å²) in [5, 5.41) is 18.3. The molecule has 2 aliphatic rings. The molecule has 2 saturated heterocycles. The van der Waals surface area contributed by atoms with Crippen LogP contribution in [0, 0.1) is 0 Å². The van der Waals surface area contributed by atoms with Crippen LogP contribution in [0.5, 0.6) is 6.01 Å². The fourth-order valence-electron chi connectivity index (χ4n) is 3.12. The second-order valence-corrected chi connectivity index (χ2v) is 8.23. The van der Waals surface area contributed by atoms with E-state index in [1.807, 2.05) is 27.7 Å². The molecular formula is C18H28BN3O6. The van der Waals surface area contributed by atoms with E-state index in [9.17, 15) is 9.90 Å². The molecule has 0 aromatic carbocycles. The Labute approximate surface area is 165 Å². The highest BCUT2D eigenvalue weighted by atomic mass is 16.7. The van der Waals surface area contributed by atoms with Crippen molar-refractivity contribution in [2.45, 2.75) is 63.9 Å². The largest absolute Gasteiger partial charge is 0.498 e. The first-order valence-electron chi connectivity index (χ1n) is 9.55. The van der Waals surface area contributed by atoms with E-state index in [0.29, 0.717) is 25.9 Å². The second kappa shape index (κ2) is 7.94. The van der Waals surface area contributed by atoms with Gasteiger partial charge >= 0.3 is 13.1 Å². The molecule has 0 saturated carbocycles. The molecule has 154 valence electrons. The lowest BCUT2D eigenvalue weighted by atomic mass is 9.81. The Balaban J connectivity index is 1.53. The molecule has 1 aromatic rings. The Morgan fingerprint density at radius 3 is 2.29 bits per heavy atom. The van der Waals surface area contributed by atoms with Gasteiger partial charge in [-0.25, -0.2) is 9.97 Å². The summed E-state index contributed by atoms with van der Waals surface area (Å²) >= 11 is 0. The molecule has 2 fully saturated rings. The van der Waals surface area contributed by atoms with E-state index >= 15 is 0 Å². The predicted octanol–water partition coefficient (Wildman–Crippen LogP) is -0.501. The van der Waals surface area contributed by atoms with Crippen LogP contribution in [0.3, 0.4) is 0 Å². The van der Waals surface area contributed by atoms with Crippen LogP contribution in [0.4, 0.5) is 0 Å². The molecule has 0 aliphatic carbocycles. The smallest absolute Gasteiger partial charge is 0.460 e. The van der Waals surface area contributed by atoms with Gasteiger partial charge in [0.15, 0.2) is 6.10 Å². The van der Waals surface area contributed by atoms with Gasteiger partial charge in [0.25, 0.3) is 5.91 Å². The fraction of sp³-hybridized carbons (Fsp3) is 0.722. The topological polar surface area (TPSA) is 114 Å². The molecule has 0 radical (unpaired) electrons. The minimum Gasteiger partial charge on any atom is -0.460 e. The number of nitrogens with zero attached hydrogens (tertiary/aromatic N) is 3. The molecule has 3 heterocycles.